The Morgan fingerprint density at radius 1 is 1.06 bits per heavy atom. The van der Waals surface area contributed by atoms with Gasteiger partial charge in [0.2, 0.25) is 5.91 Å². The van der Waals surface area contributed by atoms with Gasteiger partial charge in [-0.3, -0.25) is 4.79 Å². The summed E-state index contributed by atoms with van der Waals surface area (Å²) in [6.45, 7) is 10.4. The molecule has 0 radical (unpaired) electrons. The first-order valence-electron chi connectivity index (χ1n) is 6.57. The number of rotatable bonds is 4. The highest BCUT2D eigenvalue weighted by Crippen LogP contribution is 2.10. The summed E-state index contributed by atoms with van der Waals surface area (Å²) < 4.78 is 0. The molecule has 1 N–H and O–H groups in total. The third-order valence-corrected chi connectivity index (χ3v) is 3.55. The number of carbonyl (C=O) groups is 1. The van der Waals surface area contributed by atoms with E-state index in [1.807, 2.05) is 11.8 Å². The zero-order chi connectivity index (χ0) is 12.1. The minimum atomic E-state index is -0.0458. The molecule has 1 fully saturated rings. The van der Waals surface area contributed by atoms with Crippen LogP contribution in [0.1, 0.15) is 47.0 Å². The first-order chi connectivity index (χ1) is 7.52. The maximum atomic E-state index is 12.1. The fourth-order valence-corrected chi connectivity index (χ4v) is 2.05. The highest BCUT2D eigenvalue weighted by atomic mass is 16.2. The van der Waals surface area contributed by atoms with Crippen LogP contribution < -0.4 is 5.32 Å². The molecule has 0 saturated carbocycles. The number of likely N-dealkylation sites (tertiary alicyclic amines) is 1. The van der Waals surface area contributed by atoms with Gasteiger partial charge in [-0.2, -0.15) is 0 Å². The molecule has 1 amide bonds. The molecule has 3 heteroatoms. The summed E-state index contributed by atoms with van der Waals surface area (Å²) in [7, 11) is 0. The summed E-state index contributed by atoms with van der Waals surface area (Å²) in [5.41, 5.74) is 0. The van der Waals surface area contributed by atoms with Gasteiger partial charge in [-0.15, -0.1) is 0 Å². The molecule has 0 aromatic carbocycles. The fraction of sp³-hybridized carbons (Fsp3) is 0.923. The van der Waals surface area contributed by atoms with E-state index in [2.05, 4.69) is 26.1 Å². The maximum Gasteiger partial charge on any atom is 0.239 e. The molecule has 1 heterocycles. The molecule has 0 aliphatic carbocycles. The van der Waals surface area contributed by atoms with Gasteiger partial charge in [0, 0.05) is 19.1 Å². The Morgan fingerprint density at radius 2 is 1.62 bits per heavy atom. The van der Waals surface area contributed by atoms with Crippen molar-refractivity contribution in [1.82, 2.24) is 10.2 Å². The Balaban J connectivity index is 2.40. The number of nitrogens with one attached hydrogen (secondary N) is 1. The van der Waals surface area contributed by atoms with Crippen molar-refractivity contribution in [2.75, 3.05) is 13.1 Å². The first-order valence-corrected chi connectivity index (χ1v) is 6.57. The molecule has 1 rings (SSSR count). The second-order valence-electron chi connectivity index (χ2n) is 5.31. The van der Waals surface area contributed by atoms with Crippen molar-refractivity contribution in [3.05, 3.63) is 0 Å². The van der Waals surface area contributed by atoms with Crippen LogP contribution in [0.15, 0.2) is 0 Å². The molecule has 1 unspecified atom stereocenters. The van der Waals surface area contributed by atoms with Crippen LogP contribution in [0, 0.1) is 5.92 Å². The predicted molar refractivity (Wildman–Crippen MR) is 67.3 cm³/mol. The minimum absolute atomic E-state index is 0.0458. The molecular formula is C13H26N2O. The molecule has 16 heavy (non-hydrogen) atoms. The lowest BCUT2D eigenvalue weighted by molar-refractivity contribution is -0.134. The number of hydrogen-bond acceptors (Lipinski definition) is 2. The van der Waals surface area contributed by atoms with Crippen molar-refractivity contribution in [1.29, 1.82) is 0 Å². The molecule has 2 atom stereocenters. The van der Waals surface area contributed by atoms with E-state index in [1.54, 1.807) is 0 Å². The van der Waals surface area contributed by atoms with Gasteiger partial charge in [-0.25, -0.2) is 0 Å². The van der Waals surface area contributed by atoms with E-state index >= 15 is 0 Å². The molecule has 1 aliphatic rings. The number of nitrogens with zero attached hydrogens (tertiary/aromatic N) is 1. The molecule has 0 spiro atoms. The number of amides is 1. The van der Waals surface area contributed by atoms with Gasteiger partial charge in [-0.05, 0) is 39.0 Å². The second-order valence-corrected chi connectivity index (χ2v) is 5.31. The van der Waals surface area contributed by atoms with Gasteiger partial charge < -0.3 is 10.2 Å². The zero-order valence-electron chi connectivity index (χ0n) is 11.1. The molecular weight excluding hydrogens is 200 g/mol. The average molecular weight is 226 g/mol. The second kappa shape index (κ2) is 6.24. The predicted octanol–water partition coefficient (Wildman–Crippen LogP) is 2.02. The Morgan fingerprint density at radius 3 is 2.12 bits per heavy atom. The third kappa shape index (κ3) is 3.78. The standard InChI is InChI=1S/C13H26N2O/c1-10(2)11(3)14-12(4)13(16)15-8-6-5-7-9-15/h10-12,14H,5-9H2,1-4H3/t11?,12-/m0/s1. The minimum Gasteiger partial charge on any atom is -0.341 e. The van der Waals surface area contributed by atoms with E-state index in [0.717, 1.165) is 25.9 Å². The van der Waals surface area contributed by atoms with Crippen molar-refractivity contribution < 1.29 is 4.79 Å². The van der Waals surface area contributed by atoms with Gasteiger partial charge in [0.15, 0.2) is 0 Å². The molecule has 3 nitrogen and oxygen atoms in total. The quantitative estimate of drug-likeness (QED) is 0.795. The largest absolute Gasteiger partial charge is 0.341 e. The van der Waals surface area contributed by atoms with E-state index in [9.17, 15) is 4.79 Å². The topological polar surface area (TPSA) is 32.3 Å². The highest BCUT2D eigenvalue weighted by Gasteiger charge is 2.23. The molecule has 0 aromatic rings. The normalized spacial score (nSPS) is 20.9. The van der Waals surface area contributed by atoms with Crippen LogP contribution in [0.3, 0.4) is 0 Å². The number of carbonyl (C=O) groups excluding carboxylic acids is 1. The Kier molecular flexibility index (Phi) is 5.26. The smallest absolute Gasteiger partial charge is 0.239 e. The Hall–Kier alpha value is -0.570. The molecule has 1 aliphatic heterocycles. The summed E-state index contributed by atoms with van der Waals surface area (Å²) >= 11 is 0. The zero-order valence-corrected chi connectivity index (χ0v) is 11.1. The van der Waals surface area contributed by atoms with Crippen molar-refractivity contribution in [3.8, 4) is 0 Å². The van der Waals surface area contributed by atoms with Crippen LogP contribution in [0.4, 0.5) is 0 Å². The molecule has 0 aromatic heterocycles. The van der Waals surface area contributed by atoms with Crippen LogP contribution in [-0.4, -0.2) is 36.0 Å². The van der Waals surface area contributed by atoms with Crippen LogP contribution >= 0.6 is 0 Å². The lowest BCUT2D eigenvalue weighted by atomic mass is 10.0. The molecule has 94 valence electrons. The van der Waals surface area contributed by atoms with Gasteiger partial charge in [0.05, 0.1) is 6.04 Å². The van der Waals surface area contributed by atoms with Gasteiger partial charge in [-0.1, -0.05) is 13.8 Å². The maximum absolute atomic E-state index is 12.1. The summed E-state index contributed by atoms with van der Waals surface area (Å²) in [5, 5.41) is 3.39. The van der Waals surface area contributed by atoms with Gasteiger partial charge in [0.1, 0.15) is 0 Å². The van der Waals surface area contributed by atoms with E-state index in [4.69, 9.17) is 0 Å². The van der Waals surface area contributed by atoms with Crippen molar-refractivity contribution in [3.63, 3.8) is 0 Å². The summed E-state index contributed by atoms with van der Waals surface area (Å²) in [4.78, 5) is 14.1. The number of hydrogen-bond donors (Lipinski definition) is 1. The lowest BCUT2D eigenvalue weighted by Crippen LogP contribution is -2.50. The van der Waals surface area contributed by atoms with E-state index in [-0.39, 0.29) is 11.9 Å². The van der Waals surface area contributed by atoms with E-state index in [0.29, 0.717) is 12.0 Å². The highest BCUT2D eigenvalue weighted by molar-refractivity contribution is 5.81. The first kappa shape index (κ1) is 13.5. The van der Waals surface area contributed by atoms with E-state index < -0.39 is 0 Å². The van der Waals surface area contributed by atoms with E-state index in [1.165, 1.54) is 6.42 Å². The molecule has 0 bridgehead atoms. The summed E-state index contributed by atoms with van der Waals surface area (Å²) in [5.74, 6) is 0.837. The van der Waals surface area contributed by atoms with Crippen molar-refractivity contribution in [2.45, 2.75) is 59.0 Å². The van der Waals surface area contributed by atoms with Crippen molar-refractivity contribution in [2.24, 2.45) is 5.92 Å². The van der Waals surface area contributed by atoms with Gasteiger partial charge >= 0.3 is 0 Å². The van der Waals surface area contributed by atoms with Crippen molar-refractivity contribution >= 4 is 5.91 Å². The van der Waals surface area contributed by atoms with Crippen LogP contribution in [0.2, 0.25) is 0 Å². The summed E-state index contributed by atoms with van der Waals surface area (Å²) in [6, 6.07) is 0.347. The Bertz CT molecular complexity index is 222. The van der Waals surface area contributed by atoms with Crippen LogP contribution in [0.5, 0.6) is 0 Å². The fourth-order valence-electron chi connectivity index (χ4n) is 2.05. The average Bonchev–Trinajstić information content (AvgIpc) is 2.28. The Labute approximate surface area is 99.6 Å². The van der Waals surface area contributed by atoms with Gasteiger partial charge in [0.25, 0.3) is 0 Å². The summed E-state index contributed by atoms with van der Waals surface area (Å²) in [6.07, 6.45) is 3.60. The van der Waals surface area contributed by atoms with Crippen LogP contribution in [0.25, 0.3) is 0 Å². The third-order valence-electron chi connectivity index (χ3n) is 3.55. The van der Waals surface area contributed by atoms with Crippen LogP contribution in [-0.2, 0) is 4.79 Å². The number of piperidine rings is 1. The lowest BCUT2D eigenvalue weighted by Gasteiger charge is -2.31. The molecule has 1 saturated heterocycles. The monoisotopic (exact) mass is 226 g/mol. The SMILES string of the molecule is CC(C)C(C)N[C@@H](C)C(=O)N1CCCCC1.